The van der Waals surface area contributed by atoms with Crippen molar-refractivity contribution in [2.24, 2.45) is 17.8 Å². The van der Waals surface area contributed by atoms with E-state index in [0.29, 0.717) is 5.41 Å². The van der Waals surface area contributed by atoms with Crippen LogP contribution in [0.15, 0.2) is 109 Å². The fraction of sp³-hybridized carbons (Fsp3) is 0.412. The van der Waals surface area contributed by atoms with Gasteiger partial charge in [-0.15, -0.1) is 0 Å². The van der Waals surface area contributed by atoms with E-state index in [0.717, 1.165) is 17.8 Å². The Kier molecular flexibility index (Phi) is 7.01. The van der Waals surface area contributed by atoms with Gasteiger partial charge in [0.25, 0.3) is 0 Å². The number of anilines is 3. The molecule has 0 unspecified atom stereocenters. The molecule has 0 aromatic heterocycles. The summed E-state index contributed by atoms with van der Waals surface area (Å²) in [5, 5.41) is 0. The highest BCUT2D eigenvalue weighted by atomic mass is 15.1. The lowest BCUT2D eigenvalue weighted by Crippen LogP contribution is -2.48. The van der Waals surface area contributed by atoms with Gasteiger partial charge in [-0.3, -0.25) is 0 Å². The Balaban J connectivity index is 1.21. The molecule has 0 aliphatic heterocycles. The van der Waals surface area contributed by atoms with E-state index in [1.807, 2.05) is 0 Å². The minimum absolute atomic E-state index is 0.0754. The van der Waals surface area contributed by atoms with E-state index in [1.54, 1.807) is 5.56 Å². The molecule has 6 aliphatic rings. The van der Waals surface area contributed by atoms with Gasteiger partial charge in [0, 0.05) is 22.4 Å². The SMILES string of the molecule is CC1(C)CCC(C)(C)c2c(-c3cc4c(cc3N(c3ccccc3)c3ccc(C56CC7CC(CC(C7)C5)C6)cc3)C(C)(C)c3ccccc3-4)cccc21. The molecule has 0 N–H and O–H groups in total. The van der Waals surface area contributed by atoms with Gasteiger partial charge in [0.2, 0.25) is 0 Å². The highest BCUT2D eigenvalue weighted by Crippen LogP contribution is 2.61. The van der Waals surface area contributed by atoms with Gasteiger partial charge in [-0.05, 0) is 166 Å². The van der Waals surface area contributed by atoms with Crippen LogP contribution in [0.25, 0.3) is 22.3 Å². The summed E-state index contributed by atoms with van der Waals surface area (Å²) in [6, 6.07) is 42.6. The lowest BCUT2D eigenvalue weighted by Gasteiger charge is -2.57. The summed E-state index contributed by atoms with van der Waals surface area (Å²) in [6.45, 7) is 14.7. The minimum atomic E-state index is -0.0959. The summed E-state index contributed by atoms with van der Waals surface area (Å²) in [5.41, 5.74) is 17.2. The molecule has 1 nitrogen and oxygen atoms in total. The van der Waals surface area contributed by atoms with Crippen LogP contribution in [0.2, 0.25) is 0 Å². The Hall–Kier alpha value is -4.10. The summed E-state index contributed by atoms with van der Waals surface area (Å²) >= 11 is 0. The van der Waals surface area contributed by atoms with E-state index < -0.39 is 0 Å². The van der Waals surface area contributed by atoms with Crippen LogP contribution in [0.4, 0.5) is 17.1 Å². The molecule has 0 heterocycles. The number of para-hydroxylation sites is 1. The predicted octanol–water partition coefficient (Wildman–Crippen LogP) is 13.9. The maximum Gasteiger partial charge on any atom is 0.0543 e. The topological polar surface area (TPSA) is 3.24 Å². The third-order valence-corrected chi connectivity index (χ3v) is 14.9. The summed E-state index contributed by atoms with van der Waals surface area (Å²) < 4.78 is 0. The molecule has 4 fully saturated rings. The van der Waals surface area contributed by atoms with Gasteiger partial charge in [-0.2, -0.15) is 0 Å². The first kappa shape index (κ1) is 32.5. The highest BCUT2D eigenvalue weighted by Gasteiger charge is 2.51. The summed E-state index contributed by atoms with van der Waals surface area (Å²) in [5.74, 6) is 2.83. The van der Waals surface area contributed by atoms with Gasteiger partial charge in [0.15, 0.2) is 0 Å². The number of hydrogen-bond donors (Lipinski definition) is 0. The molecular weight excluding hydrogens is 627 g/mol. The molecule has 4 bridgehead atoms. The van der Waals surface area contributed by atoms with Crippen molar-refractivity contribution in [3.63, 3.8) is 0 Å². The van der Waals surface area contributed by atoms with Crippen LogP contribution in [0.3, 0.4) is 0 Å². The van der Waals surface area contributed by atoms with Gasteiger partial charge < -0.3 is 4.90 Å². The first-order valence-corrected chi connectivity index (χ1v) is 20.3. The van der Waals surface area contributed by atoms with Crippen LogP contribution in [-0.2, 0) is 21.7 Å². The van der Waals surface area contributed by atoms with E-state index in [4.69, 9.17) is 0 Å². The normalized spacial score (nSPS) is 26.8. The molecule has 0 atom stereocenters. The lowest BCUT2D eigenvalue weighted by atomic mass is 9.48. The smallest absolute Gasteiger partial charge is 0.0543 e. The molecule has 1 heteroatoms. The van der Waals surface area contributed by atoms with E-state index in [2.05, 4.69) is 156 Å². The number of benzene rings is 5. The quantitative estimate of drug-likeness (QED) is 0.178. The maximum absolute atomic E-state index is 2.58. The molecule has 52 heavy (non-hydrogen) atoms. The summed E-state index contributed by atoms with van der Waals surface area (Å²) in [7, 11) is 0. The molecule has 264 valence electrons. The molecule has 5 aromatic rings. The third-order valence-electron chi connectivity index (χ3n) is 14.9. The summed E-state index contributed by atoms with van der Waals surface area (Å²) in [4.78, 5) is 2.58. The second-order valence-electron chi connectivity index (χ2n) is 19.5. The van der Waals surface area contributed by atoms with Crippen LogP contribution in [-0.4, -0.2) is 0 Å². The second kappa shape index (κ2) is 11.2. The average molecular weight is 682 g/mol. The number of rotatable bonds is 5. The first-order chi connectivity index (χ1) is 24.9. The van der Waals surface area contributed by atoms with Crippen LogP contribution < -0.4 is 4.90 Å². The largest absolute Gasteiger partial charge is 0.310 e. The van der Waals surface area contributed by atoms with Crippen molar-refractivity contribution in [3.8, 4) is 22.3 Å². The van der Waals surface area contributed by atoms with Crippen LogP contribution in [0, 0.1) is 17.8 Å². The van der Waals surface area contributed by atoms with Crippen molar-refractivity contribution < 1.29 is 0 Å². The molecule has 0 saturated heterocycles. The van der Waals surface area contributed by atoms with E-state index >= 15 is 0 Å². The van der Waals surface area contributed by atoms with Gasteiger partial charge in [0.1, 0.15) is 0 Å². The average Bonchev–Trinajstić information content (AvgIpc) is 3.35. The van der Waals surface area contributed by atoms with Gasteiger partial charge >= 0.3 is 0 Å². The number of fused-ring (bicyclic) bond motifs is 4. The maximum atomic E-state index is 2.58. The van der Waals surface area contributed by atoms with Crippen LogP contribution >= 0.6 is 0 Å². The Labute approximate surface area is 312 Å². The monoisotopic (exact) mass is 681 g/mol. The molecular formula is C51H55N. The molecule has 6 aliphatic carbocycles. The van der Waals surface area contributed by atoms with Gasteiger partial charge in [0.05, 0.1) is 5.69 Å². The molecule has 11 rings (SSSR count). The van der Waals surface area contributed by atoms with Crippen molar-refractivity contribution in [1.82, 2.24) is 0 Å². The molecule has 5 aromatic carbocycles. The number of hydrogen-bond acceptors (Lipinski definition) is 1. The Morgan fingerprint density at radius 2 is 1.06 bits per heavy atom. The van der Waals surface area contributed by atoms with E-state index in [9.17, 15) is 0 Å². The van der Waals surface area contributed by atoms with Crippen LogP contribution in [0.5, 0.6) is 0 Å². The summed E-state index contributed by atoms with van der Waals surface area (Å²) in [6.07, 6.45) is 11.0. The van der Waals surface area contributed by atoms with Crippen molar-refractivity contribution >= 4 is 17.1 Å². The van der Waals surface area contributed by atoms with E-state index in [1.165, 1.54) is 113 Å². The Morgan fingerprint density at radius 1 is 0.481 bits per heavy atom. The zero-order valence-corrected chi connectivity index (χ0v) is 32.2. The van der Waals surface area contributed by atoms with Crippen molar-refractivity contribution in [2.45, 2.75) is 115 Å². The molecule has 0 amide bonds. The number of nitrogens with zero attached hydrogens (tertiary/aromatic N) is 1. The molecule has 0 radical (unpaired) electrons. The minimum Gasteiger partial charge on any atom is -0.310 e. The zero-order valence-electron chi connectivity index (χ0n) is 32.2. The standard InChI is InChI=1S/C51H55N/c1-48(2)23-24-49(3,4)47-40(16-12-18-44(47)48)42-28-41-39-15-10-11-17-43(39)50(5,6)45(41)29-46(42)52(37-13-8-7-9-14-37)38-21-19-36(20-22-38)51-30-33-25-34(31-51)27-35(26-33)32-51/h7-22,28-29,33-35H,23-27,30-32H2,1-6H3. The Morgan fingerprint density at radius 3 is 1.75 bits per heavy atom. The lowest BCUT2D eigenvalue weighted by molar-refractivity contribution is -0.00518. The van der Waals surface area contributed by atoms with Crippen molar-refractivity contribution in [3.05, 3.63) is 137 Å². The third kappa shape index (κ3) is 4.80. The Bertz CT molecular complexity index is 2160. The predicted molar refractivity (Wildman–Crippen MR) is 219 cm³/mol. The fourth-order valence-corrected chi connectivity index (χ4v) is 12.5. The molecule has 0 spiro atoms. The van der Waals surface area contributed by atoms with Gasteiger partial charge in [-0.1, -0.05) is 114 Å². The van der Waals surface area contributed by atoms with Crippen molar-refractivity contribution in [2.75, 3.05) is 4.90 Å². The van der Waals surface area contributed by atoms with Gasteiger partial charge in [-0.25, -0.2) is 0 Å². The zero-order chi connectivity index (χ0) is 35.6. The van der Waals surface area contributed by atoms with E-state index in [-0.39, 0.29) is 16.2 Å². The second-order valence-corrected chi connectivity index (χ2v) is 19.5. The first-order valence-electron chi connectivity index (χ1n) is 20.3. The molecule has 4 saturated carbocycles. The highest BCUT2D eigenvalue weighted by molar-refractivity contribution is 5.95. The van der Waals surface area contributed by atoms with Crippen LogP contribution in [0.1, 0.15) is 121 Å². The fourth-order valence-electron chi connectivity index (χ4n) is 12.5. The van der Waals surface area contributed by atoms with Crippen molar-refractivity contribution in [1.29, 1.82) is 0 Å².